The van der Waals surface area contributed by atoms with Gasteiger partial charge in [-0.2, -0.15) is 0 Å². The van der Waals surface area contributed by atoms with E-state index in [-0.39, 0.29) is 0 Å². The van der Waals surface area contributed by atoms with E-state index in [9.17, 15) is 0 Å². The molecule has 2 nitrogen and oxygen atoms in total. The van der Waals surface area contributed by atoms with Gasteiger partial charge >= 0.3 is 0 Å². The molecule has 0 amide bonds. The smallest absolute Gasteiger partial charge is 0.0110 e. The third-order valence-electron chi connectivity index (χ3n) is 3.24. The van der Waals surface area contributed by atoms with E-state index in [4.69, 9.17) is 5.73 Å². The van der Waals surface area contributed by atoms with E-state index in [1.165, 1.54) is 38.6 Å². The first-order valence-corrected chi connectivity index (χ1v) is 4.87. The number of fused-ring (bicyclic) bond motifs is 1. The quantitative estimate of drug-likeness (QED) is 0.543. The molecule has 0 radical (unpaired) electrons. The highest BCUT2D eigenvalue weighted by atomic mass is 14.9. The number of rotatable bonds is 0. The maximum Gasteiger partial charge on any atom is 0.0110 e. The summed E-state index contributed by atoms with van der Waals surface area (Å²) in [6, 6.07) is 1.24. The molecule has 0 bridgehead atoms. The number of hydrogen-bond donors (Lipinski definition) is 2. The van der Waals surface area contributed by atoms with Crippen LogP contribution in [0.1, 0.15) is 32.1 Å². The fraction of sp³-hybridized carbons (Fsp3) is 1.00. The first kappa shape index (κ1) is 7.56. The van der Waals surface area contributed by atoms with Gasteiger partial charge in [-0.15, -0.1) is 0 Å². The second-order valence-corrected chi connectivity index (χ2v) is 3.96. The molecule has 2 aliphatic rings. The monoisotopic (exact) mass is 154 g/mol. The molecule has 1 saturated carbocycles. The molecule has 1 saturated heterocycles. The lowest BCUT2D eigenvalue weighted by Gasteiger charge is -2.40. The van der Waals surface area contributed by atoms with Crippen molar-refractivity contribution in [1.82, 2.24) is 5.32 Å². The molecule has 0 aromatic carbocycles. The SMILES string of the molecule is N[C@H]1CCC[C@H]2NCCC[C@H]12. The van der Waals surface area contributed by atoms with E-state index in [2.05, 4.69) is 5.32 Å². The summed E-state index contributed by atoms with van der Waals surface area (Å²) in [5.41, 5.74) is 6.05. The molecule has 2 rings (SSSR count). The van der Waals surface area contributed by atoms with Gasteiger partial charge in [-0.3, -0.25) is 0 Å². The van der Waals surface area contributed by atoms with E-state index in [1.54, 1.807) is 0 Å². The van der Waals surface area contributed by atoms with Gasteiger partial charge in [0, 0.05) is 12.1 Å². The summed E-state index contributed by atoms with van der Waals surface area (Å²) in [6.07, 6.45) is 6.63. The number of hydrogen-bond acceptors (Lipinski definition) is 2. The summed E-state index contributed by atoms with van der Waals surface area (Å²) >= 11 is 0. The van der Waals surface area contributed by atoms with Crippen LogP contribution in [0.3, 0.4) is 0 Å². The van der Waals surface area contributed by atoms with Crippen LogP contribution < -0.4 is 11.1 Å². The predicted octanol–water partition coefficient (Wildman–Crippen LogP) is 0.866. The fourth-order valence-corrected chi connectivity index (χ4v) is 2.59. The standard InChI is InChI=1S/C9H18N2/c10-8-4-1-5-9-7(8)3-2-6-11-9/h7-9,11H,1-6,10H2/t7-,8+,9-/m1/s1. The van der Waals surface area contributed by atoms with Gasteiger partial charge in [0.25, 0.3) is 0 Å². The molecule has 0 unspecified atom stereocenters. The Labute approximate surface area is 68.5 Å². The highest BCUT2D eigenvalue weighted by Crippen LogP contribution is 2.29. The Hall–Kier alpha value is -0.0800. The van der Waals surface area contributed by atoms with E-state index >= 15 is 0 Å². The van der Waals surface area contributed by atoms with E-state index in [0.717, 1.165) is 12.0 Å². The molecule has 1 aliphatic carbocycles. The molecule has 64 valence electrons. The van der Waals surface area contributed by atoms with Gasteiger partial charge in [0.05, 0.1) is 0 Å². The van der Waals surface area contributed by atoms with Crippen LogP contribution in [0.4, 0.5) is 0 Å². The minimum atomic E-state index is 0.488. The molecule has 3 atom stereocenters. The van der Waals surface area contributed by atoms with Crippen molar-refractivity contribution in [1.29, 1.82) is 0 Å². The van der Waals surface area contributed by atoms with Crippen molar-refractivity contribution in [3.8, 4) is 0 Å². The Balaban J connectivity index is 1.99. The van der Waals surface area contributed by atoms with Crippen LogP contribution in [-0.4, -0.2) is 18.6 Å². The topological polar surface area (TPSA) is 38.0 Å². The zero-order valence-electron chi connectivity index (χ0n) is 7.05. The largest absolute Gasteiger partial charge is 0.327 e. The van der Waals surface area contributed by atoms with Crippen molar-refractivity contribution in [2.24, 2.45) is 11.7 Å². The van der Waals surface area contributed by atoms with E-state index in [1.807, 2.05) is 0 Å². The molecule has 2 heteroatoms. The average Bonchev–Trinajstić information content (AvgIpc) is 2.06. The Morgan fingerprint density at radius 3 is 2.82 bits per heavy atom. The summed E-state index contributed by atoms with van der Waals surface area (Å²) in [4.78, 5) is 0. The van der Waals surface area contributed by atoms with Crippen molar-refractivity contribution in [3.63, 3.8) is 0 Å². The first-order valence-electron chi connectivity index (χ1n) is 4.87. The van der Waals surface area contributed by atoms with Crippen molar-refractivity contribution in [2.75, 3.05) is 6.54 Å². The van der Waals surface area contributed by atoms with Crippen LogP contribution in [0.5, 0.6) is 0 Å². The molecular formula is C9H18N2. The summed E-state index contributed by atoms with van der Waals surface area (Å²) in [6.45, 7) is 1.22. The lowest BCUT2D eigenvalue weighted by molar-refractivity contribution is 0.184. The van der Waals surface area contributed by atoms with Gasteiger partial charge in [0.1, 0.15) is 0 Å². The molecule has 11 heavy (non-hydrogen) atoms. The number of piperidine rings is 1. The second kappa shape index (κ2) is 3.11. The second-order valence-electron chi connectivity index (χ2n) is 3.96. The summed E-state index contributed by atoms with van der Waals surface area (Å²) < 4.78 is 0. The highest BCUT2D eigenvalue weighted by molar-refractivity contribution is 4.91. The van der Waals surface area contributed by atoms with Crippen LogP contribution in [0.25, 0.3) is 0 Å². The van der Waals surface area contributed by atoms with Gasteiger partial charge < -0.3 is 11.1 Å². The third kappa shape index (κ3) is 1.42. The lowest BCUT2D eigenvalue weighted by Crippen LogP contribution is -2.51. The van der Waals surface area contributed by atoms with Crippen LogP contribution in [0.15, 0.2) is 0 Å². The van der Waals surface area contributed by atoms with Crippen molar-refractivity contribution >= 4 is 0 Å². The van der Waals surface area contributed by atoms with Crippen molar-refractivity contribution in [2.45, 2.75) is 44.2 Å². The van der Waals surface area contributed by atoms with Gasteiger partial charge in [-0.1, -0.05) is 6.42 Å². The molecule has 0 aromatic rings. The van der Waals surface area contributed by atoms with E-state index < -0.39 is 0 Å². The molecule has 0 spiro atoms. The van der Waals surface area contributed by atoms with Gasteiger partial charge in [0.15, 0.2) is 0 Å². The minimum absolute atomic E-state index is 0.488. The molecule has 3 N–H and O–H groups in total. The molecule has 1 aliphatic heterocycles. The van der Waals surface area contributed by atoms with Crippen LogP contribution in [0, 0.1) is 5.92 Å². The Morgan fingerprint density at radius 1 is 1.09 bits per heavy atom. The predicted molar refractivity (Wildman–Crippen MR) is 46.3 cm³/mol. The molecular weight excluding hydrogens is 136 g/mol. The maximum absolute atomic E-state index is 6.05. The van der Waals surface area contributed by atoms with Crippen LogP contribution >= 0.6 is 0 Å². The lowest BCUT2D eigenvalue weighted by atomic mass is 9.76. The van der Waals surface area contributed by atoms with Crippen LogP contribution in [-0.2, 0) is 0 Å². The molecule has 1 heterocycles. The summed E-state index contributed by atoms with van der Waals surface area (Å²) in [7, 11) is 0. The van der Waals surface area contributed by atoms with Crippen molar-refractivity contribution < 1.29 is 0 Å². The highest BCUT2D eigenvalue weighted by Gasteiger charge is 2.32. The zero-order chi connectivity index (χ0) is 7.68. The van der Waals surface area contributed by atoms with Gasteiger partial charge in [0.2, 0.25) is 0 Å². The Bertz CT molecular complexity index is 134. The third-order valence-corrected chi connectivity index (χ3v) is 3.24. The zero-order valence-corrected chi connectivity index (χ0v) is 7.05. The number of nitrogens with two attached hydrogens (primary N) is 1. The molecule has 0 aromatic heterocycles. The number of nitrogens with one attached hydrogen (secondary N) is 1. The Kier molecular flexibility index (Phi) is 2.14. The first-order chi connectivity index (χ1) is 5.38. The maximum atomic E-state index is 6.05. The fourth-order valence-electron chi connectivity index (χ4n) is 2.59. The minimum Gasteiger partial charge on any atom is -0.327 e. The van der Waals surface area contributed by atoms with Gasteiger partial charge in [-0.25, -0.2) is 0 Å². The summed E-state index contributed by atoms with van der Waals surface area (Å²) in [5.74, 6) is 0.789. The average molecular weight is 154 g/mol. The van der Waals surface area contributed by atoms with Crippen LogP contribution in [0.2, 0.25) is 0 Å². The van der Waals surface area contributed by atoms with E-state index in [0.29, 0.717) is 6.04 Å². The molecule has 2 fully saturated rings. The normalized spacial score (nSPS) is 45.0. The summed E-state index contributed by atoms with van der Waals surface area (Å²) in [5, 5.41) is 3.57. The van der Waals surface area contributed by atoms with Crippen molar-refractivity contribution in [3.05, 3.63) is 0 Å². The Morgan fingerprint density at radius 2 is 2.00 bits per heavy atom. The van der Waals surface area contributed by atoms with Gasteiger partial charge in [-0.05, 0) is 38.1 Å².